The van der Waals surface area contributed by atoms with Crippen molar-refractivity contribution in [2.24, 2.45) is 11.8 Å². The molecule has 1 aromatic heterocycles. The Kier molecular flexibility index (Phi) is 6.91. The largest absolute Gasteiger partial charge is 0.452 e. The highest BCUT2D eigenvalue weighted by Gasteiger charge is 2.32. The van der Waals surface area contributed by atoms with E-state index in [4.69, 9.17) is 16.3 Å². The number of piperidine rings is 1. The summed E-state index contributed by atoms with van der Waals surface area (Å²) >= 11 is 6.38. The molecule has 2 saturated heterocycles. The lowest BCUT2D eigenvalue weighted by Gasteiger charge is -2.34. The van der Waals surface area contributed by atoms with Gasteiger partial charge in [0.25, 0.3) is 5.91 Å². The van der Waals surface area contributed by atoms with Crippen molar-refractivity contribution in [3.05, 3.63) is 22.5 Å². The Balaban J connectivity index is 1.58. The van der Waals surface area contributed by atoms with Crippen LogP contribution in [0.5, 0.6) is 0 Å². The molecule has 166 valence electrons. The van der Waals surface area contributed by atoms with Gasteiger partial charge >= 0.3 is 5.97 Å². The molecule has 3 heterocycles. The maximum atomic E-state index is 12.3. The van der Waals surface area contributed by atoms with E-state index in [1.54, 1.807) is 11.8 Å². The van der Waals surface area contributed by atoms with Crippen LogP contribution in [0.4, 0.5) is 0 Å². The molecule has 3 atom stereocenters. The minimum Gasteiger partial charge on any atom is -0.452 e. The van der Waals surface area contributed by atoms with E-state index >= 15 is 0 Å². The summed E-state index contributed by atoms with van der Waals surface area (Å²) in [6, 6.07) is -0.303. The van der Waals surface area contributed by atoms with Gasteiger partial charge < -0.3 is 9.64 Å². The number of likely N-dealkylation sites (tertiary alicyclic amines) is 1. The molecule has 10 heteroatoms. The molecular weight excluding hydrogens is 430 g/mol. The topological polar surface area (TPSA) is 98.6 Å². The van der Waals surface area contributed by atoms with Crippen LogP contribution in [0.15, 0.2) is 6.08 Å². The fraction of sp³-hybridized carbons (Fsp3) is 0.650. The second-order valence-electron chi connectivity index (χ2n) is 8.48. The molecule has 0 aromatic carbocycles. The van der Waals surface area contributed by atoms with Crippen LogP contribution in [0.25, 0.3) is 6.08 Å². The summed E-state index contributed by atoms with van der Waals surface area (Å²) in [5.41, 5.74) is 1.11. The molecule has 1 amide bonds. The first-order chi connectivity index (χ1) is 14.1. The van der Waals surface area contributed by atoms with Gasteiger partial charge in [0.1, 0.15) is 5.15 Å². The van der Waals surface area contributed by atoms with Gasteiger partial charge in [0.2, 0.25) is 0 Å². The Morgan fingerprint density at radius 1 is 1.27 bits per heavy atom. The Bertz CT molecular complexity index is 946. The third kappa shape index (κ3) is 5.43. The first kappa shape index (κ1) is 22.8. The molecule has 0 unspecified atom stereocenters. The van der Waals surface area contributed by atoms with Gasteiger partial charge in [0, 0.05) is 24.7 Å². The predicted octanol–water partition coefficient (Wildman–Crippen LogP) is 2.27. The fourth-order valence-corrected chi connectivity index (χ4v) is 6.29. The number of aromatic nitrogens is 2. The SMILES string of the molecule is Cc1nn([C@@H]2CCS(=O)(=O)C2)c(Cl)c1/C=C/C(=O)OCC(=O)N1C[C@H](C)C[C@@H](C)C1. The van der Waals surface area contributed by atoms with Crippen molar-refractivity contribution in [2.75, 3.05) is 31.2 Å². The summed E-state index contributed by atoms with van der Waals surface area (Å²) in [7, 11) is -3.07. The highest BCUT2D eigenvalue weighted by atomic mass is 35.5. The van der Waals surface area contributed by atoms with Crippen LogP contribution in [0.2, 0.25) is 5.15 Å². The molecule has 1 aromatic rings. The van der Waals surface area contributed by atoms with Crippen LogP contribution in [0, 0.1) is 18.8 Å². The van der Waals surface area contributed by atoms with E-state index in [1.807, 2.05) is 0 Å². The number of carbonyl (C=O) groups is 2. The molecule has 2 fully saturated rings. The van der Waals surface area contributed by atoms with Crippen molar-refractivity contribution in [3.63, 3.8) is 0 Å². The summed E-state index contributed by atoms with van der Waals surface area (Å²) in [6.45, 7) is 7.02. The van der Waals surface area contributed by atoms with Gasteiger partial charge in [0.05, 0.1) is 23.2 Å². The lowest BCUT2D eigenvalue weighted by molar-refractivity contribution is -0.149. The van der Waals surface area contributed by atoms with Crippen molar-refractivity contribution in [3.8, 4) is 0 Å². The van der Waals surface area contributed by atoms with Gasteiger partial charge in [-0.3, -0.25) is 4.79 Å². The second kappa shape index (κ2) is 9.09. The lowest BCUT2D eigenvalue weighted by atomic mass is 9.92. The third-order valence-corrected chi connectivity index (χ3v) is 7.70. The van der Waals surface area contributed by atoms with Crippen LogP contribution in [0.3, 0.4) is 0 Å². The van der Waals surface area contributed by atoms with Crippen LogP contribution in [0.1, 0.15) is 44.0 Å². The standard InChI is InChI=1S/C20H28ClN3O5S/c1-13-8-14(2)10-23(9-13)18(25)11-29-19(26)5-4-17-15(3)22-24(20(17)21)16-6-7-30(27,28)12-16/h4-5,13-14,16H,6-12H2,1-3H3/b5-4+/t13-,14-,16-/m1/s1. The molecule has 0 saturated carbocycles. The molecule has 0 spiro atoms. The molecule has 30 heavy (non-hydrogen) atoms. The average molecular weight is 458 g/mol. The van der Waals surface area contributed by atoms with Crippen molar-refractivity contribution in [1.82, 2.24) is 14.7 Å². The number of esters is 1. The number of aryl methyl sites for hydroxylation is 1. The Hall–Kier alpha value is -1.87. The fourth-order valence-electron chi connectivity index (χ4n) is 4.22. The van der Waals surface area contributed by atoms with Gasteiger partial charge in [-0.05, 0) is 37.7 Å². The number of hydrogen-bond acceptors (Lipinski definition) is 6. The van der Waals surface area contributed by atoms with Crippen molar-refractivity contribution in [1.29, 1.82) is 0 Å². The minimum atomic E-state index is -3.07. The Morgan fingerprint density at radius 2 is 1.93 bits per heavy atom. The molecule has 8 nitrogen and oxygen atoms in total. The zero-order chi connectivity index (χ0) is 22.1. The number of carbonyl (C=O) groups excluding carboxylic acids is 2. The van der Waals surface area contributed by atoms with Crippen molar-refractivity contribution < 1.29 is 22.7 Å². The summed E-state index contributed by atoms with van der Waals surface area (Å²) in [4.78, 5) is 26.1. The highest BCUT2D eigenvalue weighted by Crippen LogP contribution is 2.30. The molecule has 0 N–H and O–H groups in total. The van der Waals surface area contributed by atoms with Gasteiger partial charge in [0.15, 0.2) is 16.4 Å². The smallest absolute Gasteiger partial charge is 0.331 e. The number of amides is 1. The summed E-state index contributed by atoms with van der Waals surface area (Å²) < 4.78 is 30.0. The van der Waals surface area contributed by atoms with E-state index in [0.29, 0.717) is 42.6 Å². The monoisotopic (exact) mass is 457 g/mol. The summed E-state index contributed by atoms with van der Waals surface area (Å²) in [5, 5.41) is 4.62. The Labute approximate surface area is 182 Å². The molecule has 2 aliphatic rings. The normalized spacial score (nSPS) is 26.3. The molecule has 3 rings (SSSR count). The second-order valence-corrected chi connectivity index (χ2v) is 11.1. The van der Waals surface area contributed by atoms with Crippen LogP contribution in [-0.4, -0.2) is 66.2 Å². The van der Waals surface area contributed by atoms with E-state index in [2.05, 4.69) is 18.9 Å². The van der Waals surface area contributed by atoms with E-state index < -0.39 is 15.8 Å². The van der Waals surface area contributed by atoms with Crippen LogP contribution < -0.4 is 0 Å². The number of sulfone groups is 1. The minimum absolute atomic E-state index is 0.00881. The molecular formula is C20H28ClN3O5S. The van der Waals surface area contributed by atoms with Crippen LogP contribution >= 0.6 is 11.6 Å². The summed E-state index contributed by atoms with van der Waals surface area (Å²) in [6.07, 6.45) is 4.25. The first-order valence-corrected chi connectivity index (χ1v) is 12.3. The third-order valence-electron chi connectivity index (χ3n) is 5.57. The number of rotatable bonds is 5. The van der Waals surface area contributed by atoms with Gasteiger partial charge in [-0.1, -0.05) is 25.4 Å². The Morgan fingerprint density at radius 3 is 2.53 bits per heavy atom. The predicted molar refractivity (Wildman–Crippen MR) is 114 cm³/mol. The summed E-state index contributed by atoms with van der Waals surface area (Å²) in [5.74, 6) is 0.157. The van der Waals surface area contributed by atoms with Crippen LogP contribution in [-0.2, 0) is 24.2 Å². The zero-order valence-electron chi connectivity index (χ0n) is 17.5. The maximum absolute atomic E-state index is 12.3. The van der Waals surface area contributed by atoms with Crippen molar-refractivity contribution in [2.45, 2.75) is 39.7 Å². The van der Waals surface area contributed by atoms with E-state index in [1.165, 1.54) is 16.8 Å². The first-order valence-electron chi connectivity index (χ1n) is 10.1. The van der Waals surface area contributed by atoms with E-state index in [9.17, 15) is 18.0 Å². The van der Waals surface area contributed by atoms with Gasteiger partial charge in [-0.25, -0.2) is 17.9 Å². The molecule has 0 bridgehead atoms. The van der Waals surface area contributed by atoms with Gasteiger partial charge in [-0.2, -0.15) is 5.10 Å². The number of hydrogen-bond donors (Lipinski definition) is 0. The van der Waals surface area contributed by atoms with E-state index in [0.717, 1.165) is 6.42 Å². The highest BCUT2D eigenvalue weighted by molar-refractivity contribution is 7.91. The van der Waals surface area contributed by atoms with Crippen molar-refractivity contribution >= 4 is 39.4 Å². The van der Waals surface area contributed by atoms with E-state index in [-0.39, 0.29) is 35.2 Å². The average Bonchev–Trinajstić information content (AvgIpc) is 3.15. The molecule has 0 aliphatic carbocycles. The number of halogens is 1. The zero-order valence-corrected chi connectivity index (χ0v) is 19.1. The quantitative estimate of drug-likeness (QED) is 0.496. The number of nitrogens with zero attached hydrogens (tertiary/aromatic N) is 3. The number of ether oxygens (including phenoxy) is 1. The maximum Gasteiger partial charge on any atom is 0.331 e. The molecule has 2 aliphatic heterocycles. The van der Waals surface area contributed by atoms with Gasteiger partial charge in [-0.15, -0.1) is 0 Å². The lowest BCUT2D eigenvalue weighted by Crippen LogP contribution is -2.44. The molecule has 0 radical (unpaired) electrons.